The third-order valence-corrected chi connectivity index (χ3v) is 3.61. The molecule has 0 aliphatic carbocycles. The van der Waals surface area contributed by atoms with Gasteiger partial charge >= 0.3 is 0 Å². The van der Waals surface area contributed by atoms with Crippen molar-refractivity contribution < 1.29 is 9.90 Å². The number of halogens is 2. The summed E-state index contributed by atoms with van der Waals surface area (Å²) in [7, 11) is 0. The molecule has 1 unspecified atom stereocenters. The second-order valence-electron chi connectivity index (χ2n) is 3.75. The van der Waals surface area contributed by atoms with Crippen molar-refractivity contribution in [1.82, 2.24) is 5.32 Å². The smallest absolute Gasteiger partial charge is 0.252 e. The minimum Gasteiger partial charge on any atom is -0.391 e. The lowest BCUT2D eigenvalue weighted by Gasteiger charge is -2.11. The third-order valence-electron chi connectivity index (χ3n) is 2.32. The topological polar surface area (TPSA) is 49.3 Å². The molecule has 1 rings (SSSR count). The molecule has 0 radical (unpaired) electrons. The van der Waals surface area contributed by atoms with Crippen LogP contribution in [0.5, 0.6) is 0 Å². The normalized spacial score (nSPS) is 12.2. The summed E-state index contributed by atoms with van der Waals surface area (Å²) < 4.78 is 0.681. The van der Waals surface area contributed by atoms with Crippen LogP contribution in [0.1, 0.15) is 30.1 Å². The van der Waals surface area contributed by atoms with Crippen LogP contribution in [0.4, 0.5) is 0 Å². The SMILES string of the molecule is CCCC(O)CNC(=O)c1cccc(Br)c1Cl. The molecule has 2 N–H and O–H groups in total. The van der Waals surface area contributed by atoms with Gasteiger partial charge in [-0.1, -0.05) is 31.0 Å². The van der Waals surface area contributed by atoms with Crippen molar-refractivity contribution in [2.45, 2.75) is 25.9 Å². The van der Waals surface area contributed by atoms with Gasteiger partial charge in [-0.15, -0.1) is 0 Å². The molecule has 0 saturated heterocycles. The molecule has 5 heteroatoms. The second-order valence-corrected chi connectivity index (χ2v) is 4.99. The molecular formula is C12H15BrClNO2. The molecule has 1 amide bonds. The van der Waals surface area contributed by atoms with Gasteiger partial charge in [0, 0.05) is 11.0 Å². The molecule has 94 valence electrons. The van der Waals surface area contributed by atoms with E-state index in [2.05, 4.69) is 21.2 Å². The van der Waals surface area contributed by atoms with Crippen LogP contribution in [-0.4, -0.2) is 23.7 Å². The summed E-state index contributed by atoms with van der Waals surface area (Å²) in [6.07, 6.45) is 1.05. The molecule has 0 aromatic heterocycles. The summed E-state index contributed by atoms with van der Waals surface area (Å²) in [5.74, 6) is -0.272. The molecule has 17 heavy (non-hydrogen) atoms. The maximum Gasteiger partial charge on any atom is 0.252 e. The zero-order chi connectivity index (χ0) is 12.8. The number of rotatable bonds is 5. The van der Waals surface area contributed by atoms with E-state index in [-0.39, 0.29) is 12.5 Å². The first-order chi connectivity index (χ1) is 8.06. The van der Waals surface area contributed by atoms with Crippen molar-refractivity contribution in [3.63, 3.8) is 0 Å². The molecule has 0 spiro atoms. The number of aliphatic hydroxyl groups excluding tert-OH is 1. The first kappa shape index (κ1) is 14.5. The van der Waals surface area contributed by atoms with Crippen molar-refractivity contribution in [3.05, 3.63) is 33.3 Å². The fourth-order valence-corrected chi connectivity index (χ4v) is 2.00. The first-order valence-corrected chi connectivity index (χ1v) is 6.63. The fourth-order valence-electron chi connectivity index (χ4n) is 1.42. The molecule has 0 aliphatic rings. The quantitative estimate of drug-likeness (QED) is 0.876. The van der Waals surface area contributed by atoms with E-state index in [1.54, 1.807) is 18.2 Å². The van der Waals surface area contributed by atoms with Crippen molar-refractivity contribution in [2.75, 3.05) is 6.54 Å². The largest absolute Gasteiger partial charge is 0.391 e. The van der Waals surface area contributed by atoms with Gasteiger partial charge in [0.05, 0.1) is 16.7 Å². The summed E-state index contributed by atoms with van der Waals surface area (Å²) >= 11 is 9.25. The third kappa shape index (κ3) is 4.30. The number of amides is 1. The van der Waals surface area contributed by atoms with Gasteiger partial charge < -0.3 is 10.4 Å². The van der Waals surface area contributed by atoms with Gasteiger partial charge in [0.15, 0.2) is 0 Å². The van der Waals surface area contributed by atoms with Crippen LogP contribution < -0.4 is 5.32 Å². The van der Waals surface area contributed by atoms with E-state index in [1.165, 1.54) is 0 Å². The molecule has 0 heterocycles. The summed E-state index contributed by atoms with van der Waals surface area (Å²) in [6.45, 7) is 2.23. The van der Waals surface area contributed by atoms with Crippen molar-refractivity contribution in [3.8, 4) is 0 Å². The Hall–Kier alpha value is -0.580. The Morgan fingerprint density at radius 1 is 1.59 bits per heavy atom. The average molecular weight is 321 g/mol. The Labute approximate surface area is 114 Å². The van der Waals surface area contributed by atoms with E-state index in [0.29, 0.717) is 21.5 Å². The Morgan fingerprint density at radius 3 is 2.94 bits per heavy atom. The first-order valence-electron chi connectivity index (χ1n) is 5.46. The van der Waals surface area contributed by atoms with Crippen LogP contribution in [-0.2, 0) is 0 Å². The summed E-state index contributed by atoms with van der Waals surface area (Å²) in [5.41, 5.74) is 0.407. The van der Waals surface area contributed by atoms with E-state index in [0.717, 1.165) is 6.42 Å². The number of hydrogen-bond acceptors (Lipinski definition) is 2. The van der Waals surface area contributed by atoms with Crippen LogP contribution in [0, 0.1) is 0 Å². The van der Waals surface area contributed by atoms with Crippen molar-refractivity contribution in [2.24, 2.45) is 0 Å². The van der Waals surface area contributed by atoms with E-state index >= 15 is 0 Å². The molecule has 0 bridgehead atoms. The molecule has 0 aliphatic heterocycles. The summed E-state index contributed by atoms with van der Waals surface area (Å²) in [5, 5.41) is 12.6. The van der Waals surface area contributed by atoms with Crippen LogP contribution in [0.3, 0.4) is 0 Å². The summed E-state index contributed by atoms with van der Waals surface area (Å²) in [6, 6.07) is 5.16. The number of carbonyl (C=O) groups excluding carboxylic acids is 1. The van der Waals surface area contributed by atoms with Gasteiger partial charge in [-0.05, 0) is 34.5 Å². The van der Waals surface area contributed by atoms with Gasteiger partial charge in [-0.3, -0.25) is 4.79 Å². The number of hydrogen-bond donors (Lipinski definition) is 2. The molecular weight excluding hydrogens is 305 g/mol. The molecule has 3 nitrogen and oxygen atoms in total. The zero-order valence-electron chi connectivity index (χ0n) is 9.54. The lowest BCUT2D eigenvalue weighted by atomic mass is 10.2. The Balaban J connectivity index is 2.61. The van der Waals surface area contributed by atoms with Crippen molar-refractivity contribution in [1.29, 1.82) is 0 Å². The lowest BCUT2D eigenvalue weighted by Crippen LogP contribution is -2.32. The highest BCUT2D eigenvalue weighted by Crippen LogP contribution is 2.25. The number of nitrogens with one attached hydrogen (secondary N) is 1. The van der Waals surface area contributed by atoms with Crippen LogP contribution in [0.2, 0.25) is 5.02 Å². The maximum absolute atomic E-state index is 11.8. The van der Waals surface area contributed by atoms with Gasteiger partial charge in [0.2, 0.25) is 0 Å². The Morgan fingerprint density at radius 2 is 2.29 bits per heavy atom. The number of benzene rings is 1. The fraction of sp³-hybridized carbons (Fsp3) is 0.417. The maximum atomic E-state index is 11.8. The Bertz CT molecular complexity index is 398. The predicted molar refractivity (Wildman–Crippen MR) is 72.4 cm³/mol. The monoisotopic (exact) mass is 319 g/mol. The van der Waals surface area contributed by atoms with Crippen molar-refractivity contribution >= 4 is 33.4 Å². The van der Waals surface area contributed by atoms with E-state index in [1.807, 2.05) is 6.92 Å². The molecule has 1 aromatic carbocycles. The minimum atomic E-state index is -0.505. The highest BCUT2D eigenvalue weighted by atomic mass is 79.9. The van der Waals surface area contributed by atoms with Crippen LogP contribution >= 0.6 is 27.5 Å². The highest BCUT2D eigenvalue weighted by molar-refractivity contribution is 9.10. The standard InChI is InChI=1S/C12H15BrClNO2/c1-2-4-8(16)7-15-12(17)9-5-3-6-10(13)11(9)14/h3,5-6,8,16H,2,4,7H2,1H3,(H,15,17). The molecule has 1 aromatic rings. The van der Waals surface area contributed by atoms with E-state index in [9.17, 15) is 9.90 Å². The zero-order valence-corrected chi connectivity index (χ0v) is 11.9. The van der Waals surface area contributed by atoms with Gasteiger partial charge in [0.25, 0.3) is 5.91 Å². The van der Waals surface area contributed by atoms with Gasteiger partial charge in [-0.2, -0.15) is 0 Å². The van der Waals surface area contributed by atoms with Gasteiger partial charge in [-0.25, -0.2) is 0 Å². The predicted octanol–water partition coefficient (Wildman–Crippen LogP) is 2.99. The molecule has 0 fully saturated rings. The number of aliphatic hydroxyl groups is 1. The second kappa shape index (κ2) is 6.99. The Kier molecular flexibility index (Phi) is 5.95. The lowest BCUT2D eigenvalue weighted by molar-refractivity contribution is 0.0910. The van der Waals surface area contributed by atoms with Gasteiger partial charge in [0.1, 0.15) is 0 Å². The average Bonchev–Trinajstić information content (AvgIpc) is 2.30. The summed E-state index contributed by atoms with van der Waals surface area (Å²) in [4.78, 5) is 11.8. The number of carbonyl (C=O) groups is 1. The van der Waals surface area contributed by atoms with Crippen LogP contribution in [0.15, 0.2) is 22.7 Å². The molecule has 0 saturated carbocycles. The minimum absolute atomic E-state index is 0.246. The molecule has 1 atom stereocenters. The van der Waals surface area contributed by atoms with E-state index < -0.39 is 6.10 Å². The highest BCUT2D eigenvalue weighted by Gasteiger charge is 2.13. The van der Waals surface area contributed by atoms with Crippen LogP contribution in [0.25, 0.3) is 0 Å². The van der Waals surface area contributed by atoms with E-state index in [4.69, 9.17) is 11.6 Å².